The number of hydrogen-bond donors (Lipinski definition) is 0. The van der Waals surface area contributed by atoms with Gasteiger partial charge in [-0.3, -0.25) is 14.5 Å². The molecule has 2 heterocycles. The molecule has 1 fully saturated rings. The molecule has 0 aromatic carbocycles. The second-order valence-electron chi connectivity index (χ2n) is 5.75. The van der Waals surface area contributed by atoms with Gasteiger partial charge in [-0.1, -0.05) is 0 Å². The molecule has 1 aromatic rings. The Bertz CT molecular complexity index is 476. The number of aryl methyl sites for hydroxylation is 1. The zero-order chi connectivity index (χ0) is 15.4. The fraction of sp³-hybridized carbons (Fsp3) is 0.733. The van der Waals surface area contributed by atoms with Gasteiger partial charge >= 0.3 is 5.97 Å². The summed E-state index contributed by atoms with van der Waals surface area (Å²) >= 11 is 0. The minimum absolute atomic E-state index is 0.276. The first-order chi connectivity index (χ1) is 10.0. The van der Waals surface area contributed by atoms with Crippen molar-refractivity contribution >= 4 is 5.97 Å². The number of nitrogens with zero attached hydrogens (tertiary/aromatic N) is 4. The number of esters is 1. The van der Waals surface area contributed by atoms with E-state index in [1.165, 1.54) is 0 Å². The Morgan fingerprint density at radius 3 is 2.57 bits per heavy atom. The molecule has 118 valence electrons. The number of carbonyl (C=O) groups excluding carboxylic acids is 1. The Labute approximate surface area is 126 Å². The van der Waals surface area contributed by atoms with Gasteiger partial charge in [-0.2, -0.15) is 5.10 Å². The SMILES string of the molecule is CCOC(=O)c1cnn(C)c1CN1CCN(C(C)C)CC1. The van der Waals surface area contributed by atoms with Crippen LogP contribution in [0, 0.1) is 0 Å². The number of carbonyl (C=O) groups is 1. The molecule has 6 nitrogen and oxygen atoms in total. The van der Waals surface area contributed by atoms with Gasteiger partial charge in [-0.25, -0.2) is 4.79 Å². The smallest absolute Gasteiger partial charge is 0.341 e. The Balaban J connectivity index is 2.00. The highest BCUT2D eigenvalue weighted by atomic mass is 16.5. The van der Waals surface area contributed by atoms with Crippen LogP contribution in [0.2, 0.25) is 0 Å². The van der Waals surface area contributed by atoms with Crippen molar-refractivity contribution in [2.75, 3.05) is 32.8 Å². The summed E-state index contributed by atoms with van der Waals surface area (Å²) in [5.41, 5.74) is 1.53. The van der Waals surface area contributed by atoms with Crippen LogP contribution in [0.15, 0.2) is 6.20 Å². The van der Waals surface area contributed by atoms with Crippen molar-refractivity contribution < 1.29 is 9.53 Å². The predicted octanol–water partition coefficient (Wildman–Crippen LogP) is 1.12. The lowest BCUT2D eigenvalue weighted by Gasteiger charge is -2.36. The molecule has 0 N–H and O–H groups in total. The van der Waals surface area contributed by atoms with Crippen molar-refractivity contribution in [3.05, 3.63) is 17.5 Å². The van der Waals surface area contributed by atoms with Crippen molar-refractivity contribution in [2.45, 2.75) is 33.4 Å². The lowest BCUT2D eigenvalue weighted by Crippen LogP contribution is -2.48. The van der Waals surface area contributed by atoms with Crippen LogP contribution >= 0.6 is 0 Å². The van der Waals surface area contributed by atoms with E-state index in [1.807, 2.05) is 14.0 Å². The van der Waals surface area contributed by atoms with Gasteiger partial charge < -0.3 is 4.74 Å². The number of rotatable bonds is 5. The average Bonchev–Trinajstić information content (AvgIpc) is 2.81. The largest absolute Gasteiger partial charge is 0.462 e. The Kier molecular flexibility index (Phi) is 5.36. The van der Waals surface area contributed by atoms with E-state index >= 15 is 0 Å². The zero-order valence-electron chi connectivity index (χ0n) is 13.5. The highest BCUT2D eigenvalue weighted by Crippen LogP contribution is 2.14. The molecule has 0 amide bonds. The van der Waals surface area contributed by atoms with Crippen molar-refractivity contribution in [3.63, 3.8) is 0 Å². The van der Waals surface area contributed by atoms with Crippen molar-refractivity contribution in [2.24, 2.45) is 7.05 Å². The lowest BCUT2D eigenvalue weighted by atomic mass is 10.2. The fourth-order valence-electron chi connectivity index (χ4n) is 2.68. The van der Waals surface area contributed by atoms with Gasteiger partial charge in [0.25, 0.3) is 0 Å². The third-order valence-electron chi connectivity index (χ3n) is 4.07. The maximum atomic E-state index is 12.0. The molecule has 21 heavy (non-hydrogen) atoms. The second-order valence-corrected chi connectivity index (χ2v) is 5.75. The molecule has 0 unspecified atom stereocenters. The fourth-order valence-corrected chi connectivity index (χ4v) is 2.68. The summed E-state index contributed by atoms with van der Waals surface area (Å²) in [5, 5.41) is 4.21. The van der Waals surface area contributed by atoms with Gasteiger partial charge in [-0.05, 0) is 20.8 Å². The summed E-state index contributed by atoms with van der Waals surface area (Å²) in [7, 11) is 1.88. The molecule has 1 aromatic heterocycles. The van der Waals surface area contributed by atoms with E-state index in [4.69, 9.17) is 4.74 Å². The number of hydrogen-bond acceptors (Lipinski definition) is 5. The molecule has 1 aliphatic rings. The normalized spacial score (nSPS) is 17.4. The van der Waals surface area contributed by atoms with Gasteiger partial charge in [0.15, 0.2) is 0 Å². The highest BCUT2D eigenvalue weighted by Gasteiger charge is 2.23. The van der Waals surface area contributed by atoms with Gasteiger partial charge in [-0.15, -0.1) is 0 Å². The van der Waals surface area contributed by atoms with Crippen LogP contribution < -0.4 is 0 Å². The van der Waals surface area contributed by atoms with E-state index in [0.29, 0.717) is 18.2 Å². The van der Waals surface area contributed by atoms with E-state index in [9.17, 15) is 4.79 Å². The molecule has 1 aliphatic heterocycles. The van der Waals surface area contributed by atoms with Gasteiger partial charge in [0.2, 0.25) is 0 Å². The average molecular weight is 294 g/mol. The van der Waals surface area contributed by atoms with Gasteiger partial charge in [0.1, 0.15) is 5.56 Å². The molecule has 0 bridgehead atoms. The molecule has 0 aliphatic carbocycles. The Morgan fingerprint density at radius 2 is 2.00 bits per heavy atom. The van der Waals surface area contributed by atoms with Crippen LogP contribution in [0.1, 0.15) is 36.8 Å². The summed E-state index contributed by atoms with van der Waals surface area (Å²) in [6.45, 7) is 11.6. The number of piperazine rings is 1. The molecular weight excluding hydrogens is 268 g/mol. The van der Waals surface area contributed by atoms with E-state index in [1.54, 1.807) is 10.9 Å². The van der Waals surface area contributed by atoms with Crippen LogP contribution in [0.5, 0.6) is 0 Å². The van der Waals surface area contributed by atoms with Crippen LogP contribution in [0.3, 0.4) is 0 Å². The summed E-state index contributed by atoms with van der Waals surface area (Å²) < 4.78 is 6.88. The zero-order valence-corrected chi connectivity index (χ0v) is 13.5. The molecule has 1 saturated heterocycles. The van der Waals surface area contributed by atoms with Gasteiger partial charge in [0.05, 0.1) is 18.5 Å². The van der Waals surface area contributed by atoms with Crippen molar-refractivity contribution in [1.29, 1.82) is 0 Å². The Hall–Kier alpha value is -1.40. The van der Waals surface area contributed by atoms with E-state index in [-0.39, 0.29) is 5.97 Å². The maximum Gasteiger partial charge on any atom is 0.341 e. The summed E-state index contributed by atoms with van der Waals surface area (Å²) in [6, 6.07) is 0.596. The first-order valence-electron chi connectivity index (χ1n) is 7.67. The number of aromatic nitrogens is 2. The quantitative estimate of drug-likeness (QED) is 0.762. The minimum Gasteiger partial charge on any atom is -0.462 e. The van der Waals surface area contributed by atoms with Gasteiger partial charge in [0, 0.05) is 45.8 Å². The molecule has 6 heteroatoms. The second kappa shape index (κ2) is 7.04. The molecule has 0 spiro atoms. The monoisotopic (exact) mass is 294 g/mol. The van der Waals surface area contributed by atoms with Crippen LogP contribution in [-0.2, 0) is 18.3 Å². The minimum atomic E-state index is -0.276. The third kappa shape index (κ3) is 3.83. The van der Waals surface area contributed by atoms with Crippen LogP contribution in [0.4, 0.5) is 0 Å². The van der Waals surface area contributed by atoms with Crippen LogP contribution in [0.25, 0.3) is 0 Å². The van der Waals surface area contributed by atoms with Crippen molar-refractivity contribution in [1.82, 2.24) is 19.6 Å². The van der Waals surface area contributed by atoms with Crippen LogP contribution in [-0.4, -0.2) is 64.4 Å². The van der Waals surface area contributed by atoms with E-state index in [0.717, 1.165) is 38.4 Å². The van der Waals surface area contributed by atoms with E-state index < -0.39 is 0 Å². The first-order valence-corrected chi connectivity index (χ1v) is 7.67. The Morgan fingerprint density at radius 1 is 1.33 bits per heavy atom. The molecule has 0 atom stereocenters. The highest BCUT2D eigenvalue weighted by molar-refractivity contribution is 5.90. The topological polar surface area (TPSA) is 50.6 Å². The molecule has 0 radical (unpaired) electrons. The van der Waals surface area contributed by atoms with Crippen molar-refractivity contribution in [3.8, 4) is 0 Å². The summed E-state index contributed by atoms with van der Waals surface area (Å²) in [5.74, 6) is -0.276. The molecule has 0 saturated carbocycles. The standard InChI is InChI=1S/C15H26N4O2/c1-5-21-15(20)13-10-16-17(4)14(13)11-18-6-8-19(9-7-18)12(2)3/h10,12H,5-9,11H2,1-4H3. The van der Waals surface area contributed by atoms with E-state index in [2.05, 4.69) is 28.7 Å². The predicted molar refractivity (Wildman–Crippen MR) is 81.2 cm³/mol. The number of ether oxygens (including phenoxy) is 1. The third-order valence-corrected chi connectivity index (χ3v) is 4.07. The summed E-state index contributed by atoms with van der Waals surface area (Å²) in [4.78, 5) is 16.8. The summed E-state index contributed by atoms with van der Waals surface area (Å²) in [6.07, 6.45) is 1.61. The maximum absolute atomic E-state index is 12.0. The molecular formula is C15H26N4O2. The lowest BCUT2D eigenvalue weighted by molar-refractivity contribution is 0.0521. The first kappa shape index (κ1) is 16.0. The molecule has 2 rings (SSSR count).